The summed E-state index contributed by atoms with van der Waals surface area (Å²) < 4.78 is 5.80. The third kappa shape index (κ3) is 4.23. The number of morpholine rings is 1. The van der Waals surface area contributed by atoms with E-state index in [0.29, 0.717) is 0 Å². The number of hydrogen-bond acceptors (Lipinski definition) is 3. The van der Waals surface area contributed by atoms with Gasteiger partial charge in [0.25, 0.3) is 5.91 Å². The van der Waals surface area contributed by atoms with Crippen molar-refractivity contribution < 1.29 is 9.53 Å². The molecule has 0 saturated carbocycles. The molecule has 1 fully saturated rings. The lowest BCUT2D eigenvalue weighted by Crippen LogP contribution is -2.44. The largest absolute Gasteiger partial charge is 0.373 e. The van der Waals surface area contributed by atoms with E-state index in [0.717, 1.165) is 38.0 Å². The molecule has 0 unspecified atom stereocenters. The second kappa shape index (κ2) is 7.83. The summed E-state index contributed by atoms with van der Waals surface area (Å²) in [5.41, 5.74) is 4.58. The van der Waals surface area contributed by atoms with Gasteiger partial charge in [0.05, 0.1) is 18.2 Å². The molecular weight excluding hydrogens is 336 g/mol. The fourth-order valence-electron chi connectivity index (χ4n) is 4.38. The minimum atomic E-state index is 0.0110. The summed E-state index contributed by atoms with van der Waals surface area (Å²) in [7, 11) is 0. The number of carbonyl (C=O) groups excluding carboxylic acids is 1. The first-order valence-corrected chi connectivity index (χ1v) is 9.94. The molecule has 1 N–H and O–H groups in total. The minimum Gasteiger partial charge on any atom is -0.373 e. The highest BCUT2D eigenvalue weighted by molar-refractivity contribution is 5.94. The zero-order valence-electron chi connectivity index (χ0n) is 16.2. The van der Waals surface area contributed by atoms with Crippen LogP contribution in [0.5, 0.6) is 0 Å². The van der Waals surface area contributed by atoms with Crippen molar-refractivity contribution in [3.05, 3.63) is 70.8 Å². The second-order valence-corrected chi connectivity index (χ2v) is 7.91. The van der Waals surface area contributed by atoms with Crippen molar-refractivity contribution in [3.8, 4) is 0 Å². The lowest BCUT2D eigenvalue weighted by molar-refractivity contribution is -0.0704. The third-order valence-electron chi connectivity index (χ3n) is 5.56. The van der Waals surface area contributed by atoms with E-state index in [4.69, 9.17) is 4.74 Å². The lowest BCUT2D eigenvalue weighted by Gasteiger charge is -2.35. The predicted octanol–water partition coefficient (Wildman–Crippen LogP) is 3.71. The molecule has 0 spiro atoms. The monoisotopic (exact) mass is 364 g/mol. The standard InChI is InChI=1S/C23H28N2O2/c1-16-13-25(14-17(2)27-16)15-18-7-9-20(10-8-18)23(26)24-22-12-11-19-5-3-4-6-21(19)22/h3-10,16-17,22H,11-15H2,1-2H3,(H,24,26)/t16-,17-,22+/m0/s1. The summed E-state index contributed by atoms with van der Waals surface area (Å²) in [4.78, 5) is 15.1. The highest BCUT2D eigenvalue weighted by atomic mass is 16.5. The molecule has 0 aromatic heterocycles. The zero-order chi connectivity index (χ0) is 18.8. The van der Waals surface area contributed by atoms with Crippen LogP contribution in [0.15, 0.2) is 48.5 Å². The molecule has 142 valence electrons. The van der Waals surface area contributed by atoms with E-state index in [1.54, 1.807) is 0 Å². The van der Waals surface area contributed by atoms with Crippen molar-refractivity contribution in [1.29, 1.82) is 0 Å². The maximum Gasteiger partial charge on any atom is 0.251 e. The Morgan fingerprint density at radius 3 is 2.52 bits per heavy atom. The van der Waals surface area contributed by atoms with Crippen LogP contribution in [0.4, 0.5) is 0 Å². The molecule has 0 bridgehead atoms. The van der Waals surface area contributed by atoms with Crippen LogP contribution >= 0.6 is 0 Å². The van der Waals surface area contributed by atoms with Crippen LogP contribution in [0.2, 0.25) is 0 Å². The van der Waals surface area contributed by atoms with Crippen molar-refractivity contribution in [2.45, 2.75) is 51.5 Å². The molecule has 1 saturated heterocycles. The normalized spacial score (nSPS) is 25.2. The Morgan fingerprint density at radius 1 is 1.07 bits per heavy atom. The van der Waals surface area contributed by atoms with Gasteiger partial charge < -0.3 is 10.1 Å². The first-order chi connectivity index (χ1) is 13.1. The van der Waals surface area contributed by atoms with Gasteiger partial charge in [-0.05, 0) is 55.5 Å². The van der Waals surface area contributed by atoms with Crippen molar-refractivity contribution in [2.75, 3.05) is 13.1 Å². The summed E-state index contributed by atoms with van der Waals surface area (Å²) in [6.07, 6.45) is 2.56. The molecule has 0 radical (unpaired) electrons. The van der Waals surface area contributed by atoms with Gasteiger partial charge in [-0.1, -0.05) is 36.4 Å². The number of hydrogen-bond donors (Lipinski definition) is 1. The van der Waals surface area contributed by atoms with E-state index >= 15 is 0 Å². The Bertz CT molecular complexity index is 792. The average molecular weight is 364 g/mol. The molecule has 1 heterocycles. The number of benzene rings is 2. The van der Waals surface area contributed by atoms with Crippen LogP contribution in [-0.2, 0) is 17.7 Å². The number of amides is 1. The molecule has 2 aliphatic rings. The Morgan fingerprint density at radius 2 is 1.78 bits per heavy atom. The van der Waals surface area contributed by atoms with Gasteiger partial charge in [-0.3, -0.25) is 9.69 Å². The average Bonchev–Trinajstić information content (AvgIpc) is 3.04. The van der Waals surface area contributed by atoms with Crippen LogP contribution in [0.3, 0.4) is 0 Å². The van der Waals surface area contributed by atoms with E-state index in [1.807, 2.05) is 18.2 Å². The topological polar surface area (TPSA) is 41.6 Å². The van der Waals surface area contributed by atoms with Crippen LogP contribution < -0.4 is 5.32 Å². The van der Waals surface area contributed by atoms with Crippen molar-refractivity contribution in [3.63, 3.8) is 0 Å². The van der Waals surface area contributed by atoms with Gasteiger partial charge in [0.15, 0.2) is 0 Å². The minimum absolute atomic E-state index is 0.0110. The molecular formula is C23H28N2O2. The Kier molecular flexibility index (Phi) is 5.28. The lowest BCUT2D eigenvalue weighted by atomic mass is 10.1. The van der Waals surface area contributed by atoms with E-state index in [-0.39, 0.29) is 24.2 Å². The fraction of sp³-hybridized carbons (Fsp3) is 0.435. The van der Waals surface area contributed by atoms with E-state index in [2.05, 4.69) is 54.4 Å². The molecule has 4 nitrogen and oxygen atoms in total. The maximum absolute atomic E-state index is 12.7. The quantitative estimate of drug-likeness (QED) is 0.899. The maximum atomic E-state index is 12.7. The first-order valence-electron chi connectivity index (χ1n) is 9.94. The molecule has 2 aromatic rings. The van der Waals surface area contributed by atoms with Gasteiger partial charge in [-0.25, -0.2) is 0 Å². The van der Waals surface area contributed by atoms with Gasteiger partial charge in [0, 0.05) is 25.2 Å². The molecule has 27 heavy (non-hydrogen) atoms. The van der Waals surface area contributed by atoms with Crippen LogP contribution in [-0.4, -0.2) is 36.1 Å². The summed E-state index contributed by atoms with van der Waals surface area (Å²) in [6, 6.07) is 16.6. The number of carbonyl (C=O) groups is 1. The Hall–Kier alpha value is -2.17. The zero-order valence-corrected chi connectivity index (χ0v) is 16.2. The highest BCUT2D eigenvalue weighted by Crippen LogP contribution is 2.30. The predicted molar refractivity (Wildman–Crippen MR) is 107 cm³/mol. The fourth-order valence-corrected chi connectivity index (χ4v) is 4.38. The highest BCUT2D eigenvalue weighted by Gasteiger charge is 2.24. The molecule has 1 amide bonds. The molecule has 2 aromatic carbocycles. The van der Waals surface area contributed by atoms with Crippen molar-refractivity contribution in [2.24, 2.45) is 0 Å². The number of ether oxygens (including phenoxy) is 1. The molecule has 1 aliphatic carbocycles. The Balaban J connectivity index is 1.37. The van der Waals surface area contributed by atoms with E-state index < -0.39 is 0 Å². The number of fused-ring (bicyclic) bond motifs is 1. The van der Waals surface area contributed by atoms with Crippen molar-refractivity contribution in [1.82, 2.24) is 10.2 Å². The number of nitrogens with one attached hydrogen (secondary N) is 1. The first kappa shape index (κ1) is 18.2. The molecule has 4 rings (SSSR count). The molecule has 1 aliphatic heterocycles. The molecule has 3 atom stereocenters. The number of rotatable bonds is 4. The third-order valence-corrected chi connectivity index (χ3v) is 5.56. The second-order valence-electron chi connectivity index (χ2n) is 7.91. The SMILES string of the molecule is C[C@H]1CN(Cc2ccc(C(=O)N[C@@H]3CCc4ccccc43)cc2)C[C@H](C)O1. The summed E-state index contributed by atoms with van der Waals surface area (Å²) in [6.45, 7) is 7.05. The van der Waals surface area contributed by atoms with E-state index in [1.165, 1.54) is 16.7 Å². The van der Waals surface area contributed by atoms with Gasteiger partial charge in [0.2, 0.25) is 0 Å². The number of aryl methyl sites for hydroxylation is 1. The van der Waals surface area contributed by atoms with Crippen LogP contribution in [0.1, 0.15) is 53.4 Å². The van der Waals surface area contributed by atoms with E-state index in [9.17, 15) is 4.79 Å². The molecule has 4 heteroatoms. The van der Waals surface area contributed by atoms with Crippen LogP contribution in [0.25, 0.3) is 0 Å². The van der Waals surface area contributed by atoms with Gasteiger partial charge >= 0.3 is 0 Å². The van der Waals surface area contributed by atoms with Gasteiger partial charge in [-0.15, -0.1) is 0 Å². The summed E-state index contributed by atoms with van der Waals surface area (Å²) >= 11 is 0. The van der Waals surface area contributed by atoms with Crippen LogP contribution in [0, 0.1) is 0 Å². The van der Waals surface area contributed by atoms with Crippen molar-refractivity contribution >= 4 is 5.91 Å². The number of nitrogens with zero attached hydrogens (tertiary/aromatic N) is 1. The smallest absolute Gasteiger partial charge is 0.251 e. The Labute approximate surface area is 161 Å². The van der Waals surface area contributed by atoms with Gasteiger partial charge in [-0.2, -0.15) is 0 Å². The summed E-state index contributed by atoms with van der Waals surface area (Å²) in [5, 5.41) is 3.20. The van der Waals surface area contributed by atoms with Gasteiger partial charge in [0.1, 0.15) is 0 Å². The summed E-state index contributed by atoms with van der Waals surface area (Å²) in [5.74, 6) is 0.0110.